The minimum atomic E-state index is 0. The fourth-order valence-electron chi connectivity index (χ4n) is 2.80. The van der Waals surface area contributed by atoms with Gasteiger partial charge in [0.1, 0.15) is 6.26 Å². The molecule has 2 atom stereocenters. The van der Waals surface area contributed by atoms with Gasteiger partial charge in [0, 0.05) is 19.1 Å². The van der Waals surface area contributed by atoms with Crippen molar-refractivity contribution in [1.29, 1.82) is 0 Å². The lowest BCUT2D eigenvalue weighted by Crippen LogP contribution is -2.46. The second-order valence-electron chi connectivity index (χ2n) is 4.66. The van der Waals surface area contributed by atoms with Crippen LogP contribution in [-0.2, 0) is 0 Å². The highest BCUT2D eigenvalue weighted by Gasteiger charge is 2.34. The van der Waals surface area contributed by atoms with Gasteiger partial charge in [-0.3, -0.25) is 4.79 Å². The summed E-state index contributed by atoms with van der Waals surface area (Å²) < 4.78 is 4.95. The molecule has 2 aliphatic heterocycles. The molecule has 4 nitrogen and oxygen atoms in total. The minimum Gasteiger partial charge on any atom is -0.472 e. The van der Waals surface area contributed by atoms with Crippen LogP contribution < -0.4 is 5.32 Å². The van der Waals surface area contributed by atoms with Crippen LogP contribution in [0.1, 0.15) is 23.2 Å². The van der Waals surface area contributed by atoms with E-state index in [-0.39, 0.29) is 18.3 Å². The number of carbonyl (C=O) groups is 1. The molecule has 17 heavy (non-hydrogen) atoms. The van der Waals surface area contributed by atoms with E-state index in [2.05, 4.69) is 5.32 Å². The highest BCUT2D eigenvalue weighted by atomic mass is 35.5. The van der Waals surface area contributed by atoms with E-state index in [1.807, 2.05) is 4.90 Å². The number of likely N-dealkylation sites (tertiary alicyclic amines) is 1. The molecule has 0 saturated carbocycles. The van der Waals surface area contributed by atoms with Gasteiger partial charge in [-0.15, -0.1) is 12.4 Å². The Morgan fingerprint density at radius 1 is 1.47 bits per heavy atom. The summed E-state index contributed by atoms with van der Waals surface area (Å²) in [5.74, 6) is 0.753. The van der Waals surface area contributed by atoms with Crippen LogP contribution in [0.25, 0.3) is 0 Å². The molecule has 1 N–H and O–H groups in total. The summed E-state index contributed by atoms with van der Waals surface area (Å²) in [5, 5.41) is 3.50. The Labute approximate surface area is 107 Å². The summed E-state index contributed by atoms with van der Waals surface area (Å²) in [6.07, 6.45) is 5.35. The van der Waals surface area contributed by atoms with Gasteiger partial charge >= 0.3 is 0 Å². The first-order valence-corrected chi connectivity index (χ1v) is 5.89. The largest absolute Gasteiger partial charge is 0.472 e. The number of hydrogen-bond donors (Lipinski definition) is 1. The molecule has 0 bridgehead atoms. The molecule has 1 aromatic rings. The smallest absolute Gasteiger partial charge is 0.257 e. The maximum absolute atomic E-state index is 12.1. The lowest BCUT2D eigenvalue weighted by atomic mass is 9.93. The predicted octanol–water partition coefficient (Wildman–Crippen LogP) is 1.53. The quantitative estimate of drug-likeness (QED) is 0.829. The average Bonchev–Trinajstić information content (AvgIpc) is 2.98. The molecular weight excluding hydrogens is 240 g/mol. The van der Waals surface area contributed by atoms with E-state index >= 15 is 0 Å². The summed E-state index contributed by atoms with van der Waals surface area (Å²) in [4.78, 5) is 14.1. The molecule has 94 valence electrons. The number of piperidine rings is 1. The Morgan fingerprint density at radius 3 is 3.12 bits per heavy atom. The van der Waals surface area contributed by atoms with Crippen LogP contribution in [0, 0.1) is 5.92 Å². The van der Waals surface area contributed by atoms with Crippen molar-refractivity contribution in [3.8, 4) is 0 Å². The molecule has 3 heterocycles. The number of nitrogens with one attached hydrogen (secondary N) is 1. The minimum absolute atomic E-state index is 0. The standard InChI is InChI=1S/C12H16N2O2.ClH/c15-12(10-3-6-16-8-10)14-5-2-11-9(7-14)1-4-13-11;/h3,6,8-9,11,13H,1-2,4-5,7H2;1H. The van der Waals surface area contributed by atoms with Gasteiger partial charge in [0.05, 0.1) is 11.8 Å². The number of rotatable bonds is 1. The van der Waals surface area contributed by atoms with Crippen LogP contribution in [0.15, 0.2) is 23.0 Å². The monoisotopic (exact) mass is 256 g/mol. The van der Waals surface area contributed by atoms with E-state index < -0.39 is 0 Å². The number of furan rings is 1. The zero-order valence-corrected chi connectivity index (χ0v) is 10.4. The second kappa shape index (κ2) is 5.10. The Morgan fingerprint density at radius 2 is 2.35 bits per heavy atom. The van der Waals surface area contributed by atoms with Gasteiger partial charge in [0.25, 0.3) is 5.91 Å². The SMILES string of the molecule is Cl.O=C(c1ccoc1)N1CCC2NCCC2C1. The molecule has 2 unspecified atom stereocenters. The summed E-state index contributed by atoms with van der Waals surface area (Å²) in [5.41, 5.74) is 0.671. The van der Waals surface area contributed by atoms with E-state index in [1.54, 1.807) is 12.3 Å². The number of carbonyl (C=O) groups excluding carboxylic acids is 1. The van der Waals surface area contributed by atoms with Crippen LogP contribution >= 0.6 is 12.4 Å². The molecule has 5 heteroatoms. The van der Waals surface area contributed by atoms with Gasteiger partial charge in [-0.1, -0.05) is 0 Å². The summed E-state index contributed by atoms with van der Waals surface area (Å²) in [7, 11) is 0. The van der Waals surface area contributed by atoms with Crippen molar-refractivity contribution in [3.63, 3.8) is 0 Å². The molecule has 2 fully saturated rings. The van der Waals surface area contributed by atoms with Crippen LogP contribution in [0.5, 0.6) is 0 Å². The predicted molar refractivity (Wildman–Crippen MR) is 66.4 cm³/mol. The molecule has 0 spiro atoms. The van der Waals surface area contributed by atoms with E-state index in [1.165, 1.54) is 12.7 Å². The zero-order chi connectivity index (χ0) is 11.0. The van der Waals surface area contributed by atoms with Crippen molar-refractivity contribution < 1.29 is 9.21 Å². The van der Waals surface area contributed by atoms with Gasteiger partial charge in [-0.25, -0.2) is 0 Å². The third kappa shape index (κ3) is 2.33. The summed E-state index contributed by atoms with van der Waals surface area (Å²) >= 11 is 0. The third-order valence-electron chi connectivity index (χ3n) is 3.71. The molecule has 0 aliphatic carbocycles. The second-order valence-corrected chi connectivity index (χ2v) is 4.66. The van der Waals surface area contributed by atoms with Gasteiger partial charge in [-0.05, 0) is 31.4 Å². The van der Waals surface area contributed by atoms with Crippen LogP contribution in [0.4, 0.5) is 0 Å². The highest BCUT2D eigenvalue weighted by Crippen LogP contribution is 2.25. The van der Waals surface area contributed by atoms with E-state index in [0.717, 1.165) is 26.1 Å². The Balaban J connectivity index is 0.00000108. The maximum Gasteiger partial charge on any atom is 0.257 e. The van der Waals surface area contributed by atoms with Crippen molar-refractivity contribution >= 4 is 18.3 Å². The lowest BCUT2D eigenvalue weighted by molar-refractivity contribution is 0.0661. The van der Waals surface area contributed by atoms with Crippen LogP contribution in [0.3, 0.4) is 0 Å². The maximum atomic E-state index is 12.1. The first kappa shape index (κ1) is 12.5. The van der Waals surface area contributed by atoms with Gasteiger partial charge < -0.3 is 14.6 Å². The summed E-state index contributed by atoms with van der Waals surface area (Å²) in [6, 6.07) is 2.37. The molecule has 1 aromatic heterocycles. The van der Waals surface area contributed by atoms with E-state index in [4.69, 9.17) is 4.42 Å². The summed E-state index contributed by atoms with van der Waals surface area (Å²) in [6.45, 7) is 2.85. The number of nitrogens with zero attached hydrogens (tertiary/aromatic N) is 1. The first-order chi connectivity index (χ1) is 7.84. The third-order valence-corrected chi connectivity index (χ3v) is 3.71. The van der Waals surface area contributed by atoms with Gasteiger partial charge in [-0.2, -0.15) is 0 Å². The van der Waals surface area contributed by atoms with E-state index in [9.17, 15) is 4.79 Å². The van der Waals surface area contributed by atoms with Crippen molar-refractivity contribution in [2.45, 2.75) is 18.9 Å². The molecule has 2 aliphatic rings. The number of amides is 1. The van der Waals surface area contributed by atoms with Crippen molar-refractivity contribution in [1.82, 2.24) is 10.2 Å². The molecular formula is C12H17ClN2O2. The molecule has 2 saturated heterocycles. The number of halogens is 1. The van der Waals surface area contributed by atoms with Crippen molar-refractivity contribution in [2.75, 3.05) is 19.6 Å². The molecule has 0 radical (unpaired) electrons. The molecule has 1 amide bonds. The van der Waals surface area contributed by atoms with Crippen molar-refractivity contribution in [3.05, 3.63) is 24.2 Å². The fraction of sp³-hybridized carbons (Fsp3) is 0.583. The Kier molecular flexibility index (Phi) is 3.74. The van der Waals surface area contributed by atoms with Crippen LogP contribution in [0.2, 0.25) is 0 Å². The topological polar surface area (TPSA) is 45.5 Å². The fourth-order valence-corrected chi connectivity index (χ4v) is 2.80. The number of hydrogen-bond acceptors (Lipinski definition) is 3. The normalized spacial score (nSPS) is 27.4. The van der Waals surface area contributed by atoms with Crippen molar-refractivity contribution in [2.24, 2.45) is 5.92 Å². The number of fused-ring (bicyclic) bond motifs is 1. The Bertz CT molecular complexity index is 380. The zero-order valence-electron chi connectivity index (χ0n) is 9.59. The first-order valence-electron chi connectivity index (χ1n) is 5.89. The molecule has 3 rings (SSSR count). The lowest BCUT2D eigenvalue weighted by Gasteiger charge is -2.34. The highest BCUT2D eigenvalue weighted by molar-refractivity contribution is 5.93. The average molecular weight is 257 g/mol. The molecule has 0 aromatic carbocycles. The van der Waals surface area contributed by atoms with Gasteiger partial charge in [0.2, 0.25) is 0 Å². The Hall–Kier alpha value is -1.00. The van der Waals surface area contributed by atoms with E-state index in [0.29, 0.717) is 17.5 Å². The van der Waals surface area contributed by atoms with Crippen LogP contribution in [-0.4, -0.2) is 36.5 Å². The van der Waals surface area contributed by atoms with Gasteiger partial charge in [0.15, 0.2) is 0 Å².